The van der Waals surface area contributed by atoms with Crippen molar-refractivity contribution in [1.29, 1.82) is 0 Å². The van der Waals surface area contributed by atoms with Gasteiger partial charge in [0.1, 0.15) is 5.52 Å². The van der Waals surface area contributed by atoms with Gasteiger partial charge in [-0.05, 0) is 73.2 Å². The van der Waals surface area contributed by atoms with Gasteiger partial charge in [0.15, 0.2) is 6.20 Å². The van der Waals surface area contributed by atoms with Gasteiger partial charge in [0.25, 0.3) is 6.33 Å². The third-order valence-corrected chi connectivity index (χ3v) is 5.79. The maximum Gasteiger partial charge on any atom is 0.286 e. The van der Waals surface area contributed by atoms with Crippen LogP contribution in [0, 0.1) is 34.6 Å². The van der Waals surface area contributed by atoms with Gasteiger partial charge in [-0.1, -0.05) is 23.2 Å². The zero-order valence-corrected chi connectivity index (χ0v) is 15.3. The fourth-order valence-electron chi connectivity index (χ4n) is 4.19. The van der Waals surface area contributed by atoms with E-state index < -0.39 is 0 Å². The van der Waals surface area contributed by atoms with E-state index in [9.17, 15) is 0 Å². The summed E-state index contributed by atoms with van der Waals surface area (Å²) in [6.45, 7) is 11.2. The summed E-state index contributed by atoms with van der Waals surface area (Å²) < 4.78 is 2.16. The Labute approximate surface area is 142 Å². The second-order valence-electron chi connectivity index (χ2n) is 7.01. The van der Waals surface area contributed by atoms with E-state index in [-0.39, 0.29) is 0 Å². The molecule has 0 spiro atoms. The highest BCUT2D eigenvalue weighted by molar-refractivity contribution is 6.25. The molecule has 0 aliphatic heterocycles. The number of aryl methyl sites for hydroxylation is 4. The first-order valence-corrected chi connectivity index (χ1v) is 8.48. The van der Waals surface area contributed by atoms with Gasteiger partial charge in [0, 0.05) is 10.8 Å². The lowest BCUT2D eigenvalue weighted by Gasteiger charge is -2.18. The van der Waals surface area contributed by atoms with Crippen LogP contribution in [0.3, 0.4) is 0 Å². The highest BCUT2D eigenvalue weighted by Gasteiger charge is 2.20. The molecule has 2 heteroatoms. The van der Waals surface area contributed by atoms with E-state index in [1.165, 1.54) is 60.3 Å². The van der Waals surface area contributed by atoms with Crippen molar-refractivity contribution < 1.29 is 4.57 Å². The van der Waals surface area contributed by atoms with E-state index >= 15 is 0 Å². The minimum atomic E-state index is 1.25. The van der Waals surface area contributed by atoms with Crippen LogP contribution in [-0.2, 0) is 7.05 Å². The molecule has 0 unspecified atom stereocenters. The maximum atomic E-state index is 4.48. The quantitative estimate of drug-likeness (QED) is 0.333. The SMILES string of the molecule is Cc1c(C)c(C)c2c3cnc[n+](C)c3c3c(C)cccc3c2c1C. The molecule has 0 fully saturated rings. The summed E-state index contributed by atoms with van der Waals surface area (Å²) in [5.74, 6) is 0. The van der Waals surface area contributed by atoms with Gasteiger partial charge in [-0.15, -0.1) is 0 Å². The number of nitrogens with zero attached hydrogens (tertiary/aromatic N) is 2. The van der Waals surface area contributed by atoms with Crippen molar-refractivity contribution in [3.63, 3.8) is 0 Å². The monoisotopic (exact) mass is 315 g/mol. The first-order chi connectivity index (χ1) is 11.4. The predicted molar refractivity (Wildman–Crippen MR) is 102 cm³/mol. The molecule has 1 heterocycles. The summed E-state index contributed by atoms with van der Waals surface area (Å²) >= 11 is 0. The van der Waals surface area contributed by atoms with E-state index in [0.717, 1.165) is 0 Å². The van der Waals surface area contributed by atoms with Crippen molar-refractivity contribution in [3.8, 4) is 0 Å². The van der Waals surface area contributed by atoms with Crippen molar-refractivity contribution in [1.82, 2.24) is 4.98 Å². The molecule has 2 nitrogen and oxygen atoms in total. The van der Waals surface area contributed by atoms with Crippen molar-refractivity contribution in [3.05, 3.63) is 58.5 Å². The topological polar surface area (TPSA) is 16.8 Å². The second kappa shape index (κ2) is 5.01. The molecule has 0 aliphatic carbocycles. The van der Waals surface area contributed by atoms with Gasteiger partial charge in [-0.3, -0.25) is 0 Å². The van der Waals surface area contributed by atoms with Crippen molar-refractivity contribution in [2.24, 2.45) is 7.05 Å². The predicted octanol–water partition coefficient (Wildman–Crippen LogP) is 4.91. The summed E-state index contributed by atoms with van der Waals surface area (Å²) in [5.41, 5.74) is 8.13. The van der Waals surface area contributed by atoms with Crippen molar-refractivity contribution in [2.75, 3.05) is 0 Å². The zero-order chi connectivity index (χ0) is 17.2. The fourth-order valence-corrected chi connectivity index (χ4v) is 4.19. The Balaban J connectivity index is 2.54. The van der Waals surface area contributed by atoms with Gasteiger partial charge in [0.05, 0.1) is 12.4 Å². The third-order valence-electron chi connectivity index (χ3n) is 5.79. The van der Waals surface area contributed by atoms with Crippen LogP contribution in [0.1, 0.15) is 27.8 Å². The third kappa shape index (κ3) is 1.77. The lowest BCUT2D eigenvalue weighted by molar-refractivity contribution is -0.647. The minimum Gasteiger partial charge on any atom is -0.232 e. The van der Waals surface area contributed by atoms with Gasteiger partial charge < -0.3 is 0 Å². The van der Waals surface area contributed by atoms with E-state index in [1.807, 2.05) is 12.5 Å². The average molecular weight is 315 g/mol. The highest BCUT2D eigenvalue weighted by Crippen LogP contribution is 2.40. The first-order valence-electron chi connectivity index (χ1n) is 8.48. The number of benzene rings is 3. The Morgan fingerprint density at radius 1 is 0.750 bits per heavy atom. The Morgan fingerprint density at radius 3 is 2.04 bits per heavy atom. The van der Waals surface area contributed by atoms with Gasteiger partial charge in [-0.2, -0.15) is 0 Å². The van der Waals surface area contributed by atoms with Crippen molar-refractivity contribution >= 4 is 32.4 Å². The normalized spacial score (nSPS) is 11.8. The zero-order valence-electron chi connectivity index (χ0n) is 15.3. The molecule has 0 radical (unpaired) electrons. The number of rotatable bonds is 0. The summed E-state index contributed by atoms with van der Waals surface area (Å²) in [7, 11) is 2.09. The number of aromatic nitrogens is 2. The largest absolute Gasteiger partial charge is 0.286 e. The summed E-state index contributed by atoms with van der Waals surface area (Å²) in [4.78, 5) is 4.48. The molecule has 24 heavy (non-hydrogen) atoms. The molecule has 120 valence electrons. The van der Waals surface area contributed by atoms with E-state index in [1.54, 1.807) is 0 Å². The smallest absolute Gasteiger partial charge is 0.232 e. The maximum absolute atomic E-state index is 4.48. The second-order valence-corrected chi connectivity index (χ2v) is 7.01. The van der Waals surface area contributed by atoms with Crippen molar-refractivity contribution in [2.45, 2.75) is 34.6 Å². The number of hydrogen-bond donors (Lipinski definition) is 0. The van der Waals surface area contributed by atoms with Crippen LogP contribution in [0.5, 0.6) is 0 Å². The van der Waals surface area contributed by atoms with Crippen LogP contribution in [-0.4, -0.2) is 4.98 Å². The Kier molecular flexibility index (Phi) is 3.14. The molecular weight excluding hydrogens is 292 g/mol. The number of hydrogen-bond acceptors (Lipinski definition) is 1. The van der Waals surface area contributed by atoms with E-state index in [4.69, 9.17) is 0 Å². The Bertz CT molecular complexity index is 1060. The van der Waals surface area contributed by atoms with Gasteiger partial charge in [0.2, 0.25) is 0 Å². The molecule has 0 N–H and O–H groups in total. The first kappa shape index (κ1) is 15.1. The van der Waals surface area contributed by atoms with E-state index in [2.05, 4.69) is 69.4 Å². The minimum absolute atomic E-state index is 1.25. The number of fused-ring (bicyclic) bond motifs is 6. The van der Waals surface area contributed by atoms with Gasteiger partial charge >= 0.3 is 0 Å². The van der Waals surface area contributed by atoms with E-state index in [0.29, 0.717) is 0 Å². The Morgan fingerprint density at radius 2 is 1.38 bits per heavy atom. The fraction of sp³-hybridized carbons (Fsp3) is 0.273. The van der Waals surface area contributed by atoms with Crippen LogP contribution in [0.15, 0.2) is 30.7 Å². The lowest BCUT2D eigenvalue weighted by atomic mass is 9.86. The Hall–Kier alpha value is -2.48. The molecule has 4 rings (SSSR count). The molecule has 1 aromatic heterocycles. The summed E-state index contributed by atoms with van der Waals surface area (Å²) in [5, 5.41) is 6.68. The highest BCUT2D eigenvalue weighted by atomic mass is 15.0. The van der Waals surface area contributed by atoms with Gasteiger partial charge in [-0.25, -0.2) is 4.57 Å². The van der Waals surface area contributed by atoms with Crippen LogP contribution in [0.2, 0.25) is 0 Å². The molecular formula is C22H23N2+. The molecule has 3 aromatic carbocycles. The van der Waals surface area contributed by atoms with Crippen LogP contribution >= 0.6 is 0 Å². The molecule has 0 saturated carbocycles. The molecule has 4 aromatic rings. The summed E-state index contributed by atoms with van der Waals surface area (Å²) in [6, 6.07) is 6.65. The van der Waals surface area contributed by atoms with Crippen LogP contribution < -0.4 is 4.57 Å². The standard InChI is InChI=1S/C22H23N2/c1-12-8-7-9-17-19(12)22-18(10-23-11-24(22)6)21-16(5)14(3)13(2)15(4)20(17)21/h7-11H,1-6H3/q+1. The molecule has 0 amide bonds. The van der Waals surface area contributed by atoms with Crippen LogP contribution in [0.4, 0.5) is 0 Å². The van der Waals surface area contributed by atoms with Crippen LogP contribution in [0.25, 0.3) is 32.4 Å². The molecule has 0 saturated heterocycles. The molecule has 0 bridgehead atoms. The lowest BCUT2D eigenvalue weighted by Crippen LogP contribution is -2.29. The average Bonchev–Trinajstić information content (AvgIpc) is 2.57. The molecule has 0 aliphatic rings. The summed E-state index contributed by atoms with van der Waals surface area (Å²) in [6.07, 6.45) is 3.94. The molecule has 0 atom stereocenters.